The highest BCUT2D eigenvalue weighted by molar-refractivity contribution is 7.91. The Balaban J connectivity index is 1.71. The van der Waals surface area contributed by atoms with Crippen LogP contribution in [0.2, 0.25) is 0 Å². The fraction of sp³-hybridized carbons (Fsp3) is 0.444. The minimum absolute atomic E-state index is 0.0793. The second kappa shape index (κ2) is 6.98. The number of amides is 1. The summed E-state index contributed by atoms with van der Waals surface area (Å²) in [6.07, 6.45) is -8.21. The molecule has 2 aliphatic rings. The minimum atomic E-state index is -4.95. The number of sulfone groups is 1. The van der Waals surface area contributed by atoms with Crippen LogP contribution in [0.1, 0.15) is 42.0 Å². The van der Waals surface area contributed by atoms with Crippen LogP contribution in [0.25, 0.3) is 0 Å². The zero-order chi connectivity index (χ0) is 23.6. The van der Waals surface area contributed by atoms with Crippen LogP contribution in [-0.2, 0) is 16.9 Å². The van der Waals surface area contributed by atoms with Gasteiger partial charge >= 0.3 is 18.1 Å². The van der Waals surface area contributed by atoms with Crippen LogP contribution in [0.3, 0.4) is 0 Å². The maximum atomic E-state index is 13.5. The smallest absolute Gasteiger partial charge is 0.421 e. The lowest BCUT2D eigenvalue weighted by Gasteiger charge is -2.32. The van der Waals surface area contributed by atoms with Crippen molar-refractivity contribution >= 4 is 27.1 Å². The molecule has 0 radical (unpaired) electrons. The zero-order valence-corrected chi connectivity index (χ0v) is 17.7. The lowest BCUT2D eigenvalue weighted by atomic mass is 10.2. The van der Waals surface area contributed by atoms with Gasteiger partial charge in [-0.15, -0.1) is 0 Å². The van der Waals surface area contributed by atoms with E-state index in [1.54, 1.807) is 0 Å². The maximum absolute atomic E-state index is 13.5. The molecule has 2 aromatic rings. The molecule has 174 valence electrons. The summed E-state index contributed by atoms with van der Waals surface area (Å²) in [4.78, 5) is 15.8. The number of nitrogens with two attached hydrogens (primary N) is 1. The Morgan fingerprint density at radius 1 is 1.22 bits per heavy atom. The van der Waals surface area contributed by atoms with Crippen LogP contribution in [0, 0.1) is 0 Å². The first kappa shape index (κ1) is 22.2. The zero-order valence-electron chi connectivity index (χ0n) is 16.8. The van der Waals surface area contributed by atoms with E-state index in [9.17, 15) is 30.8 Å². The van der Waals surface area contributed by atoms with Gasteiger partial charge in [-0.25, -0.2) is 18.0 Å². The Kier molecular flexibility index (Phi) is 4.84. The van der Waals surface area contributed by atoms with E-state index in [1.165, 1.54) is 18.5 Å². The molecule has 1 aliphatic carbocycles. The highest BCUT2D eigenvalue weighted by Gasteiger charge is 2.66. The molecule has 1 aromatic heterocycles. The number of nitrogen functional groups attached to an aromatic ring is 1. The lowest BCUT2D eigenvalue weighted by molar-refractivity contribution is -0.714. The Bertz CT molecular complexity index is 1220. The van der Waals surface area contributed by atoms with Crippen LogP contribution in [0.4, 0.5) is 28.9 Å². The SMILES string of the molecule is CCS(=O)(=O)c1c(C(=O)Nc2cc3c(cc2N)OC(F)(F)C(F)(F)O3)[nH]c(C2CC2)[n+]1C. The van der Waals surface area contributed by atoms with E-state index in [1.807, 2.05) is 0 Å². The monoisotopic (exact) mass is 479 g/mol. The first-order valence-electron chi connectivity index (χ1n) is 9.50. The van der Waals surface area contributed by atoms with Crippen molar-refractivity contribution in [1.29, 1.82) is 0 Å². The van der Waals surface area contributed by atoms with E-state index in [0.29, 0.717) is 5.82 Å². The molecule has 9 nitrogen and oxygen atoms in total. The number of hydrogen-bond donors (Lipinski definition) is 3. The normalized spacial score (nSPS) is 18.9. The van der Waals surface area contributed by atoms with Crippen LogP contribution < -0.4 is 25.1 Å². The number of nitrogens with one attached hydrogen (secondary N) is 2. The molecular formula is C18H19F4N4O5S+. The van der Waals surface area contributed by atoms with Crippen molar-refractivity contribution in [2.24, 2.45) is 7.05 Å². The molecule has 1 saturated carbocycles. The van der Waals surface area contributed by atoms with E-state index in [-0.39, 0.29) is 33.8 Å². The number of H-pyrrole nitrogens is 1. The summed E-state index contributed by atoms with van der Waals surface area (Å²) in [6.45, 7) is 1.43. The number of carbonyl (C=O) groups is 1. The number of carbonyl (C=O) groups excluding carboxylic acids is 1. The molecule has 0 atom stereocenters. The van der Waals surface area contributed by atoms with E-state index >= 15 is 0 Å². The third-order valence-corrected chi connectivity index (χ3v) is 7.01. The second-order valence-electron chi connectivity index (χ2n) is 7.51. The topological polar surface area (TPSA) is 127 Å². The van der Waals surface area contributed by atoms with E-state index < -0.39 is 39.5 Å². The summed E-state index contributed by atoms with van der Waals surface area (Å²) < 4.78 is 88.4. The number of rotatable bonds is 5. The van der Waals surface area contributed by atoms with Crippen molar-refractivity contribution < 1.29 is 44.8 Å². The largest absolute Gasteiger partial charge is 0.507 e. The maximum Gasteiger partial charge on any atom is 0.507 e. The Labute approximate surface area is 179 Å². The molecule has 4 rings (SSSR count). The quantitative estimate of drug-likeness (QED) is 0.343. The average Bonchev–Trinajstić information content (AvgIpc) is 3.45. The van der Waals surface area contributed by atoms with Crippen LogP contribution >= 0.6 is 0 Å². The van der Waals surface area contributed by atoms with Gasteiger partial charge in [-0.05, 0) is 12.8 Å². The number of ether oxygens (including phenoxy) is 2. The standard InChI is InChI=1S/C18H18F4N4O5S/c1-3-32(28,29)16-13(25-14(26(16)2)8-4-5-8)15(27)24-10-7-12-11(6-9(10)23)30-17(19,20)18(21,22)31-12/h6-8H,3-5,23H2,1-2H3,(H,24,27)/p+1. The molecule has 1 amide bonds. The first-order chi connectivity index (χ1) is 14.8. The summed E-state index contributed by atoms with van der Waals surface area (Å²) >= 11 is 0. The van der Waals surface area contributed by atoms with Gasteiger partial charge in [-0.3, -0.25) is 4.79 Å². The van der Waals surface area contributed by atoms with Crippen LogP contribution in [-0.4, -0.2) is 37.3 Å². The van der Waals surface area contributed by atoms with Crippen molar-refractivity contribution in [3.63, 3.8) is 0 Å². The van der Waals surface area contributed by atoms with E-state index in [2.05, 4.69) is 19.8 Å². The number of hydrogen-bond acceptors (Lipinski definition) is 6. The molecule has 32 heavy (non-hydrogen) atoms. The number of imidazole rings is 1. The Morgan fingerprint density at radius 3 is 2.31 bits per heavy atom. The molecule has 1 aromatic carbocycles. The first-order valence-corrected chi connectivity index (χ1v) is 11.2. The number of aromatic nitrogens is 2. The number of halogens is 4. The summed E-state index contributed by atoms with van der Waals surface area (Å²) in [6, 6.07) is 1.59. The van der Waals surface area contributed by atoms with Gasteiger partial charge in [0, 0.05) is 12.1 Å². The summed E-state index contributed by atoms with van der Waals surface area (Å²) in [7, 11) is -2.30. The van der Waals surface area contributed by atoms with Crippen molar-refractivity contribution in [3.05, 3.63) is 23.7 Å². The number of benzene rings is 1. The highest BCUT2D eigenvalue weighted by Crippen LogP contribution is 2.49. The van der Waals surface area contributed by atoms with Gasteiger partial charge in [-0.1, -0.05) is 6.92 Å². The number of fused-ring (bicyclic) bond motifs is 1. The van der Waals surface area contributed by atoms with Gasteiger partial charge in [0.05, 0.1) is 30.1 Å². The van der Waals surface area contributed by atoms with E-state index in [4.69, 9.17) is 5.73 Å². The molecule has 1 fully saturated rings. The summed E-state index contributed by atoms with van der Waals surface area (Å²) in [5, 5.41) is 2.09. The number of nitrogens with zero attached hydrogens (tertiary/aromatic N) is 1. The third-order valence-electron chi connectivity index (χ3n) is 5.18. The molecule has 2 heterocycles. The molecule has 0 unspecified atom stereocenters. The van der Waals surface area contributed by atoms with Gasteiger partial charge in [0.1, 0.15) is 0 Å². The fourth-order valence-corrected chi connectivity index (χ4v) is 4.60. The van der Waals surface area contributed by atoms with E-state index in [0.717, 1.165) is 25.0 Å². The molecule has 0 saturated heterocycles. The minimum Gasteiger partial charge on any atom is -0.421 e. The van der Waals surface area contributed by atoms with Crippen molar-refractivity contribution in [2.45, 2.75) is 42.9 Å². The number of aromatic amines is 1. The average molecular weight is 479 g/mol. The van der Waals surface area contributed by atoms with Gasteiger partial charge in [-0.2, -0.15) is 17.6 Å². The molecular weight excluding hydrogens is 460 g/mol. The Hall–Kier alpha value is -3.03. The summed E-state index contributed by atoms with van der Waals surface area (Å²) in [5.41, 5.74) is 4.94. The summed E-state index contributed by atoms with van der Waals surface area (Å²) in [5.74, 6) is -2.07. The van der Waals surface area contributed by atoms with Gasteiger partial charge in [0.15, 0.2) is 11.5 Å². The second-order valence-corrected chi connectivity index (χ2v) is 9.70. The van der Waals surface area contributed by atoms with Gasteiger partial charge < -0.3 is 20.5 Å². The molecule has 1 aliphatic heterocycles. The van der Waals surface area contributed by atoms with Crippen LogP contribution in [0.5, 0.6) is 11.5 Å². The van der Waals surface area contributed by atoms with Gasteiger partial charge in [0.25, 0.3) is 10.9 Å². The fourth-order valence-electron chi connectivity index (χ4n) is 3.35. The highest BCUT2D eigenvalue weighted by atomic mass is 32.2. The van der Waals surface area contributed by atoms with Crippen LogP contribution in [0.15, 0.2) is 17.2 Å². The number of alkyl halides is 4. The molecule has 4 N–H and O–H groups in total. The predicted octanol–water partition coefficient (Wildman–Crippen LogP) is 2.30. The molecule has 0 spiro atoms. The lowest BCUT2D eigenvalue weighted by Crippen LogP contribution is -2.52. The van der Waals surface area contributed by atoms with Crippen molar-refractivity contribution in [1.82, 2.24) is 4.98 Å². The predicted molar refractivity (Wildman–Crippen MR) is 102 cm³/mol. The third kappa shape index (κ3) is 3.51. The van der Waals surface area contributed by atoms with Gasteiger partial charge in [0.2, 0.25) is 15.5 Å². The van der Waals surface area contributed by atoms with Crippen molar-refractivity contribution in [3.8, 4) is 11.5 Å². The van der Waals surface area contributed by atoms with Crippen molar-refractivity contribution in [2.75, 3.05) is 16.8 Å². The molecule has 0 bridgehead atoms. The molecule has 14 heteroatoms. The Morgan fingerprint density at radius 2 is 1.78 bits per heavy atom. The number of anilines is 2.